The Morgan fingerprint density at radius 3 is 2.03 bits per heavy atom. The lowest BCUT2D eigenvalue weighted by Gasteiger charge is -2.34. The van der Waals surface area contributed by atoms with Crippen LogP contribution in [-0.2, 0) is 10.2 Å². The van der Waals surface area contributed by atoms with Crippen LogP contribution in [0.25, 0.3) is 0 Å². The van der Waals surface area contributed by atoms with Crippen molar-refractivity contribution in [2.45, 2.75) is 72.9 Å². The zero-order chi connectivity index (χ0) is 25.7. The summed E-state index contributed by atoms with van der Waals surface area (Å²) in [5.41, 5.74) is 3.70. The minimum atomic E-state index is -1.08. The molecule has 0 saturated heterocycles. The average molecular weight is 472 g/mol. The zero-order valence-corrected chi connectivity index (χ0v) is 21.4. The highest BCUT2D eigenvalue weighted by Crippen LogP contribution is 2.41. The molecule has 2 aromatic rings. The predicted molar refractivity (Wildman–Crippen MR) is 134 cm³/mol. The lowest BCUT2D eigenvalue weighted by atomic mass is 9.70. The Balaban J connectivity index is 2.35. The average Bonchev–Trinajstić information content (AvgIpc) is 2.77. The second kappa shape index (κ2) is 11.0. The van der Waals surface area contributed by atoms with Gasteiger partial charge in [-0.15, -0.1) is 0 Å². The smallest absolute Gasteiger partial charge is 0.322 e. The molecule has 0 spiro atoms. The van der Waals surface area contributed by atoms with Crippen LogP contribution in [0.5, 0.6) is 5.75 Å². The topological polar surface area (TPSA) is 75.6 Å². The Morgan fingerprint density at radius 2 is 1.56 bits per heavy atom. The number of carbonyl (C=O) groups is 2. The first-order valence-corrected chi connectivity index (χ1v) is 11.8. The van der Waals surface area contributed by atoms with Gasteiger partial charge in [-0.2, -0.15) is 0 Å². The SMILES string of the molecule is CCC(CC)(c1ccc(OCC(F)C(C)(C)C)c(C)c1)c1ccc(C(=O)NCC(=O)O)c(C)c1. The van der Waals surface area contributed by atoms with E-state index in [1.54, 1.807) is 6.07 Å². The summed E-state index contributed by atoms with van der Waals surface area (Å²) in [7, 11) is 0. The summed E-state index contributed by atoms with van der Waals surface area (Å²) < 4.78 is 20.2. The minimum Gasteiger partial charge on any atom is -0.490 e. The van der Waals surface area contributed by atoms with E-state index in [0.717, 1.165) is 35.1 Å². The van der Waals surface area contributed by atoms with Crippen molar-refractivity contribution in [3.05, 3.63) is 64.2 Å². The van der Waals surface area contributed by atoms with Crippen molar-refractivity contribution in [2.75, 3.05) is 13.2 Å². The molecule has 0 fully saturated rings. The normalized spacial score (nSPS) is 12.8. The Morgan fingerprint density at radius 1 is 1.00 bits per heavy atom. The summed E-state index contributed by atoms with van der Waals surface area (Å²) in [4.78, 5) is 23.1. The third kappa shape index (κ3) is 6.16. The fourth-order valence-electron chi connectivity index (χ4n) is 4.22. The molecule has 1 amide bonds. The second-order valence-corrected chi connectivity index (χ2v) is 10.0. The second-order valence-electron chi connectivity index (χ2n) is 10.0. The number of halogens is 1. The molecule has 0 heterocycles. The van der Waals surface area contributed by atoms with E-state index in [-0.39, 0.29) is 12.0 Å². The van der Waals surface area contributed by atoms with Crippen LogP contribution < -0.4 is 10.1 Å². The number of ether oxygens (including phenoxy) is 1. The molecule has 2 aromatic carbocycles. The predicted octanol–water partition coefficient (Wildman–Crippen LogP) is 5.99. The maximum Gasteiger partial charge on any atom is 0.322 e. The molecule has 0 saturated carbocycles. The van der Waals surface area contributed by atoms with Gasteiger partial charge in [-0.25, -0.2) is 4.39 Å². The molecule has 0 aliphatic rings. The van der Waals surface area contributed by atoms with Crippen molar-refractivity contribution in [3.8, 4) is 5.75 Å². The summed E-state index contributed by atoms with van der Waals surface area (Å²) in [5.74, 6) is -0.802. The standard InChI is InChI=1S/C28H38FNO4/c1-8-28(9-2,20-10-12-22(18(3)14-20)26(33)30-16-25(31)32)21-11-13-23(19(4)15-21)34-17-24(29)27(5,6)7/h10-15,24H,8-9,16-17H2,1-7H3,(H,30,33)(H,31,32). The number of benzene rings is 2. The van der Waals surface area contributed by atoms with Crippen molar-refractivity contribution < 1.29 is 23.8 Å². The number of carboxylic acids is 1. The maximum absolute atomic E-state index is 14.4. The highest BCUT2D eigenvalue weighted by Gasteiger charge is 2.32. The van der Waals surface area contributed by atoms with Gasteiger partial charge in [0.05, 0.1) is 0 Å². The number of nitrogens with one attached hydrogen (secondary N) is 1. The molecule has 0 aliphatic carbocycles. The van der Waals surface area contributed by atoms with E-state index >= 15 is 0 Å². The van der Waals surface area contributed by atoms with Gasteiger partial charge in [0.15, 0.2) is 0 Å². The molecule has 2 rings (SSSR count). The first-order valence-electron chi connectivity index (χ1n) is 11.8. The molecule has 2 N–H and O–H groups in total. The first-order chi connectivity index (χ1) is 15.9. The number of hydrogen-bond donors (Lipinski definition) is 2. The maximum atomic E-state index is 14.4. The van der Waals surface area contributed by atoms with Crippen LogP contribution in [0.1, 0.15) is 80.1 Å². The number of amides is 1. The molecule has 34 heavy (non-hydrogen) atoms. The van der Waals surface area contributed by atoms with E-state index in [0.29, 0.717) is 11.3 Å². The third-order valence-electron chi connectivity index (χ3n) is 6.68. The largest absolute Gasteiger partial charge is 0.490 e. The van der Waals surface area contributed by atoms with Crippen molar-refractivity contribution in [1.82, 2.24) is 5.32 Å². The summed E-state index contributed by atoms with van der Waals surface area (Å²) >= 11 is 0. The van der Waals surface area contributed by atoms with E-state index < -0.39 is 30.0 Å². The van der Waals surface area contributed by atoms with E-state index in [9.17, 15) is 14.0 Å². The van der Waals surface area contributed by atoms with Crippen molar-refractivity contribution in [1.29, 1.82) is 0 Å². The van der Waals surface area contributed by atoms with E-state index in [1.165, 1.54) is 0 Å². The lowest BCUT2D eigenvalue weighted by molar-refractivity contribution is -0.135. The van der Waals surface area contributed by atoms with Crippen molar-refractivity contribution in [2.24, 2.45) is 5.41 Å². The highest BCUT2D eigenvalue weighted by molar-refractivity contribution is 5.97. The first kappa shape index (κ1) is 27.4. The van der Waals surface area contributed by atoms with Gasteiger partial charge in [-0.3, -0.25) is 9.59 Å². The summed E-state index contributed by atoms with van der Waals surface area (Å²) in [6.45, 7) is 13.3. The van der Waals surface area contributed by atoms with Crippen LogP contribution in [0.15, 0.2) is 36.4 Å². The number of alkyl halides is 1. The van der Waals surface area contributed by atoms with Crippen molar-refractivity contribution in [3.63, 3.8) is 0 Å². The Labute approximate surface area is 202 Å². The molecule has 5 nitrogen and oxygen atoms in total. The van der Waals surface area contributed by atoms with Gasteiger partial charge in [0.25, 0.3) is 5.91 Å². The summed E-state index contributed by atoms with van der Waals surface area (Å²) in [6.07, 6.45) is 0.638. The fourth-order valence-corrected chi connectivity index (χ4v) is 4.22. The summed E-state index contributed by atoms with van der Waals surface area (Å²) in [5, 5.41) is 11.2. The Bertz CT molecular complexity index is 1020. The fraction of sp³-hybridized carbons (Fsp3) is 0.500. The van der Waals surface area contributed by atoms with E-state index in [4.69, 9.17) is 9.84 Å². The Hall–Kier alpha value is -2.89. The number of carbonyl (C=O) groups excluding carboxylic acids is 1. The van der Waals surface area contributed by atoms with Gasteiger partial charge < -0.3 is 15.2 Å². The molecule has 0 bridgehead atoms. The number of hydrogen-bond acceptors (Lipinski definition) is 3. The molecular formula is C28H38FNO4. The molecule has 186 valence electrons. The van der Waals surface area contributed by atoms with Crippen LogP contribution in [-0.4, -0.2) is 36.3 Å². The molecular weight excluding hydrogens is 433 g/mol. The van der Waals surface area contributed by atoms with Gasteiger partial charge in [0.2, 0.25) is 0 Å². The van der Waals surface area contributed by atoms with Gasteiger partial charge in [0.1, 0.15) is 25.1 Å². The summed E-state index contributed by atoms with van der Waals surface area (Å²) in [6, 6.07) is 11.8. The van der Waals surface area contributed by atoms with E-state index in [2.05, 4.69) is 25.2 Å². The number of carboxylic acid groups (broad SMARTS) is 1. The molecule has 1 unspecified atom stereocenters. The van der Waals surface area contributed by atoms with Gasteiger partial charge >= 0.3 is 5.97 Å². The monoisotopic (exact) mass is 471 g/mol. The Kier molecular flexibility index (Phi) is 8.87. The van der Waals surface area contributed by atoms with Crippen LogP contribution >= 0.6 is 0 Å². The van der Waals surface area contributed by atoms with Crippen LogP contribution in [0.4, 0.5) is 4.39 Å². The van der Waals surface area contributed by atoms with Crippen LogP contribution in [0, 0.1) is 19.3 Å². The van der Waals surface area contributed by atoms with E-state index in [1.807, 2.05) is 58.9 Å². The lowest BCUT2D eigenvalue weighted by Crippen LogP contribution is -2.30. The number of aliphatic carboxylic acids is 1. The number of rotatable bonds is 10. The van der Waals surface area contributed by atoms with Crippen LogP contribution in [0.2, 0.25) is 0 Å². The third-order valence-corrected chi connectivity index (χ3v) is 6.68. The molecule has 1 atom stereocenters. The minimum absolute atomic E-state index is 0.0149. The zero-order valence-electron chi connectivity index (χ0n) is 21.4. The molecule has 0 radical (unpaired) electrons. The molecule has 0 aromatic heterocycles. The molecule has 0 aliphatic heterocycles. The number of aryl methyl sites for hydroxylation is 2. The quantitative estimate of drug-likeness (QED) is 0.446. The molecule has 6 heteroatoms. The van der Waals surface area contributed by atoms with Gasteiger partial charge in [-0.05, 0) is 66.5 Å². The highest BCUT2D eigenvalue weighted by atomic mass is 19.1. The van der Waals surface area contributed by atoms with Crippen molar-refractivity contribution >= 4 is 11.9 Å². The van der Waals surface area contributed by atoms with Gasteiger partial charge in [0, 0.05) is 11.0 Å². The van der Waals surface area contributed by atoms with Gasteiger partial charge in [-0.1, -0.05) is 58.9 Å². The van der Waals surface area contributed by atoms with Crippen LogP contribution in [0.3, 0.4) is 0 Å².